The molecule has 0 bridgehead atoms. The second-order valence-electron chi connectivity index (χ2n) is 6.06. The van der Waals surface area contributed by atoms with Crippen molar-refractivity contribution in [2.75, 3.05) is 7.05 Å². The lowest BCUT2D eigenvalue weighted by Gasteiger charge is -2.22. The normalized spacial score (nSPS) is 13.9. The molecule has 1 aromatic heterocycles. The first kappa shape index (κ1) is 14.7. The fourth-order valence-corrected chi connectivity index (χ4v) is 2.77. The van der Waals surface area contributed by atoms with Gasteiger partial charge in [0.2, 0.25) is 0 Å². The van der Waals surface area contributed by atoms with Gasteiger partial charge < -0.3 is 5.32 Å². The van der Waals surface area contributed by atoms with Crippen molar-refractivity contribution in [1.82, 2.24) is 5.32 Å². The predicted octanol–water partition coefficient (Wildman–Crippen LogP) is 4.49. The van der Waals surface area contributed by atoms with E-state index in [0.29, 0.717) is 11.5 Å². The number of aryl methyl sites for hydroxylation is 1. The maximum absolute atomic E-state index is 3.46. The van der Waals surface area contributed by atoms with E-state index in [-0.39, 0.29) is 0 Å². The van der Waals surface area contributed by atoms with E-state index in [1.807, 2.05) is 11.3 Å². The van der Waals surface area contributed by atoms with Crippen molar-refractivity contribution >= 4 is 11.3 Å². The zero-order valence-corrected chi connectivity index (χ0v) is 12.6. The van der Waals surface area contributed by atoms with Crippen LogP contribution in [0.5, 0.6) is 0 Å². The van der Waals surface area contributed by atoms with Gasteiger partial charge in [-0.3, -0.25) is 0 Å². The summed E-state index contributed by atoms with van der Waals surface area (Å²) in [5.74, 6) is 0. The van der Waals surface area contributed by atoms with Gasteiger partial charge in [-0.2, -0.15) is 0 Å². The number of thiophene rings is 1. The molecule has 0 aliphatic rings. The lowest BCUT2D eigenvalue weighted by Crippen LogP contribution is -2.26. The average Bonchev–Trinajstić information content (AvgIpc) is 2.74. The molecule has 1 rings (SSSR count). The molecule has 0 aliphatic carbocycles. The summed E-state index contributed by atoms with van der Waals surface area (Å²) in [5.41, 5.74) is 0.461. The highest BCUT2D eigenvalue weighted by Crippen LogP contribution is 2.23. The van der Waals surface area contributed by atoms with Crippen LogP contribution in [-0.2, 0) is 6.42 Å². The van der Waals surface area contributed by atoms with Crippen molar-refractivity contribution in [3.8, 4) is 0 Å². The van der Waals surface area contributed by atoms with Crippen molar-refractivity contribution in [2.45, 2.75) is 58.9 Å². The Labute approximate surface area is 111 Å². The third-order valence-electron chi connectivity index (χ3n) is 3.21. The molecule has 0 fully saturated rings. The van der Waals surface area contributed by atoms with E-state index in [0.717, 1.165) is 0 Å². The Hall–Kier alpha value is -0.340. The minimum absolute atomic E-state index is 0.461. The highest BCUT2D eigenvalue weighted by atomic mass is 32.1. The Morgan fingerprint density at radius 2 is 2.06 bits per heavy atom. The molecule has 17 heavy (non-hydrogen) atoms. The molecule has 1 unspecified atom stereocenters. The molecular formula is C15H27NS. The fourth-order valence-electron chi connectivity index (χ4n) is 2.02. The Balaban J connectivity index is 2.18. The SMILES string of the molecule is CNC(CCCc1cccs1)CCC(C)(C)C. The van der Waals surface area contributed by atoms with Gasteiger partial charge in [0.15, 0.2) is 0 Å². The van der Waals surface area contributed by atoms with Crippen LogP contribution in [0.15, 0.2) is 17.5 Å². The van der Waals surface area contributed by atoms with Gasteiger partial charge in [-0.1, -0.05) is 26.8 Å². The van der Waals surface area contributed by atoms with Crippen LogP contribution in [0.2, 0.25) is 0 Å². The summed E-state index contributed by atoms with van der Waals surface area (Å²) in [6.45, 7) is 6.97. The van der Waals surface area contributed by atoms with Crippen LogP contribution >= 0.6 is 11.3 Å². The first-order valence-electron chi connectivity index (χ1n) is 6.71. The first-order chi connectivity index (χ1) is 8.01. The highest BCUT2D eigenvalue weighted by Gasteiger charge is 2.13. The lowest BCUT2D eigenvalue weighted by atomic mass is 9.88. The molecule has 2 heteroatoms. The van der Waals surface area contributed by atoms with Crippen LogP contribution in [0.4, 0.5) is 0 Å². The quantitative estimate of drug-likeness (QED) is 0.755. The molecule has 0 aliphatic heterocycles. The van der Waals surface area contributed by atoms with Gasteiger partial charge >= 0.3 is 0 Å². The molecule has 1 nitrogen and oxygen atoms in total. The van der Waals surface area contributed by atoms with Crippen molar-refractivity contribution in [3.63, 3.8) is 0 Å². The van der Waals surface area contributed by atoms with E-state index in [1.165, 1.54) is 37.0 Å². The Bertz CT molecular complexity index is 284. The van der Waals surface area contributed by atoms with E-state index < -0.39 is 0 Å². The van der Waals surface area contributed by atoms with Crippen molar-refractivity contribution in [1.29, 1.82) is 0 Å². The van der Waals surface area contributed by atoms with Gasteiger partial charge in [0.25, 0.3) is 0 Å². The van der Waals surface area contributed by atoms with Crippen LogP contribution < -0.4 is 5.32 Å². The van der Waals surface area contributed by atoms with Gasteiger partial charge in [-0.05, 0) is 56.0 Å². The van der Waals surface area contributed by atoms with Crippen LogP contribution in [-0.4, -0.2) is 13.1 Å². The summed E-state index contributed by atoms with van der Waals surface area (Å²) >= 11 is 1.88. The maximum atomic E-state index is 3.46. The van der Waals surface area contributed by atoms with Crippen LogP contribution in [0, 0.1) is 5.41 Å². The molecule has 1 atom stereocenters. The monoisotopic (exact) mass is 253 g/mol. The number of nitrogens with one attached hydrogen (secondary N) is 1. The number of hydrogen-bond acceptors (Lipinski definition) is 2. The van der Waals surface area contributed by atoms with Gasteiger partial charge in [0.05, 0.1) is 0 Å². The summed E-state index contributed by atoms with van der Waals surface area (Å²) in [6, 6.07) is 5.08. The van der Waals surface area contributed by atoms with Gasteiger partial charge in [-0.15, -0.1) is 11.3 Å². The Morgan fingerprint density at radius 1 is 1.29 bits per heavy atom. The summed E-state index contributed by atoms with van der Waals surface area (Å²) in [7, 11) is 2.10. The van der Waals surface area contributed by atoms with Crippen LogP contribution in [0.1, 0.15) is 51.3 Å². The molecule has 0 saturated carbocycles. The standard InChI is InChI=1S/C15H27NS/c1-15(2,3)11-10-13(16-4)7-5-8-14-9-6-12-17-14/h6,9,12-13,16H,5,7-8,10-11H2,1-4H3. The van der Waals surface area contributed by atoms with Crippen LogP contribution in [0.3, 0.4) is 0 Å². The summed E-state index contributed by atoms with van der Waals surface area (Å²) in [6.07, 6.45) is 6.44. The molecular weight excluding hydrogens is 226 g/mol. The van der Waals surface area contributed by atoms with E-state index in [1.54, 1.807) is 0 Å². The third kappa shape index (κ3) is 6.85. The molecule has 98 valence electrons. The zero-order valence-electron chi connectivity index (χ0n) is 11.8. The molecule has 0 spiro atoms. The summed E-state index contributed by atoms with van der Waals surface area (Å²) < 4.78 is 0. The summed E-state index contributed by atoms with van der Waals surface area (Å²) in [5, 5.41) is 5.63. The molecule has 0 saturated heterocycles. The molecule has 0 amide bonds. The van der Waals surface area contributed by atoms with Gasteiger partial charge in [0.1, 0.15) is 0 Å². The van der Waals surface area contributed by atoms with E-state index in [4.69, 9.17) is 0 Å². The Kier molecular flexibility index (Phi) is 6.21. The van der Waals surface area contributed by atoms with Crippen LogP contribution in [0.25, 0.3) is 0 Å². The third-order valence-corrected chi connectivity index (χ3v) is 4.14. The van der Waals surface area contributed by atoms with Gasteiger partial charge in [0, 0.05) is 10.9 Å². The lowest BCUT2D eigenvalue weighted by molar-refractivity contribution is 0.327. The average molecular weight is 253 g/mol. The second-order valence-corrected chi connectivity index (χ2v) is 7.09. The number of hydrogen-bond donors (Lipinski definition) is 1. The predicted molar refractivity (Wildman–Crippen MR) is 78.8 cm³/mol. The smallest absolute Gasteiger partial charge is 0.00643 e. The fraction of sp³-hybridized carbons (Fsp3) is 0.733. The topological polar surface area (TPSA) is 12.0 Å². The van der Waals surface area contributed by atoms with Crippen molar-refractivity contribution < 1.29 is 0 Å². The summed E-state index contributed by atoms with van der Waals surface area (Å²) in [4.78, 5) is 1.52. The highest BCUT2D eigenvalue weighted by molar-refractivity contribution is 7.09. The second kappa shape index (κ2) is 7.17. The molecule has 0 radical (unpaired) electrons. The number of rotatable bonds is 7. The molecule has 1 aromatic rings. The van der Waals surface area contributed by atoms with Crippen molar-refractivity contribution in [2.24, 2.45) is 5.41 Å². The minimum atomic E-state index is 0.461. The van der Waals surface area contributed by atoms with E-state index in [2.05, 4.69) is 50.6 Å². The molecule has 1 N–H and O–H groups in total. The Morgan fingerprint density at radius 3 is 2.59 bits per heavy atom. The van der Waals surface area contributed by atoms with Gasteiger partial charge in [-0.25, -0.2) is 0 Å². The minimum Gasteiger partial charge on any atom is -0.317 e. The zero-order chi connectivity index (χ0) is 12.7. The van der Waals surface area contributed by atoms with E-state index >= 15 is 0 Å². The van der Waals surface area contributed by atoms with Crippen molar-refractivity contribution in [3.05, 3.63) is 22.4 Å². The first-order valence-corrected chi connectivity index (χ1v) is 7.59. The maximum Gasteiger partial charge on any atom is 0.00643 e. The van der Waals surface area contributed by atoms with E-state index in [9.17, 15) is 0 Å². The molecule has 0 aromatic carbocycles. The largest absolute Gasteiger partial charge is 0.317 e. The molecule has 1 heterocycles.